The Balaban J connectivity index is 1.73. The smallest absolute Gasteiger partial charge is 0.366 e. The summed E-state index contributed by atoms with van der Waals surface area (Å²) in [6, 6.07) is 14.9. The van der Waals surface area contributed by atoms with Crippen LogP contribution in [-0.4, -0.2) is 30.4 Å². The van der Waals surface area contributed by atoms with Crippen LogP contribution in [-0.2, 0) is 6.18 Å². The van der Waals surface area contributed by atoms with Gasteiger partial charge in [0.15, 0.2) is 0 Å². The summed E-state index contributed by atoms with van der Waals surface area (Å²) in [5.41, 5.74) is 7.21. The van der Waals surface area contributed by atoms with Gasteiger partial charge in [0.05, 0.1) is 29.0 Å². The van der Waals surface area contributed by atoms with Gasteiger partial charge in [-0.3, -0.25) is 14.7 Å². The third-order valence-corrected chi connectivity index (χ3v) is 5.81. The average molecular weight is 528 g/mol. The van der Waals surface area contributed by atoms with Crippen molar-refractivity contribution in [1.82, 2.24) is 24.5 Å². The summed E-state index contributed by atoms with van der Waals surface area (Å²) in [6.45, 7) is 3.65. The highest BCUT2D eigenvalue weighted by Gasteiger charge is 2.32. The molecule has 0 radical (unpaired) electrons. The third-order valence-electron chi connectivity index (χ3n) is 5.81. The average Bonchev–Trinajstić information content (AvgIpc) is 3.43. The fourth-order valence-electron chi connectivity index (χ4n) is 3.91. The molecule has 2 N–H and O–H groups in total. The van der Waals surface area contributed by atoms with Crippen molar-refractivity contribution < 1.29 is 18.0 Å². The van der Waals surface area contributed by atoms with E-state index in [1.54, 1.807) is 48.9 Å². The number of nitrogens with zero attached hydrogens (tertiary/aromatic N) is 6. The standard InChI is InChI=1S/C28H20F3N7O/c1-2-21-16-37(17-35-21)23-12-20(28(29,30)31)13-24(14-23)38(22-7-5-18(6-8-22)26(32)39)27-34-11-9-25(36-27)19-4-3-10-33-15-19/h2-17H,1H2,(H2,32,39). The molecular formula is C28H20F3N7O. The van der Waals surface area contributed by atoms with Crippen molar-refractivity contribution >= 4 is 29.3 Å². The van der Waals surface area contributed by atoms with Crippen molar-refractivity contribution in [2.24, 2.45) is 5.73 Å². The zero-order valence-electron chi connectivity index (χ0n) is 20.2. The number of primary amides is 1. The predicted octanol–water partition coefficient (Wildman–Crippen LogP) is 5.95. The van der Waals surface area contributed by atoms with E-state index in [1.807, 2.05) is 6.07 Å². The lowest BCUT2D eigenvalue weighted by molar-refractivity contribution is -0.137. The number of aromatic nitrogens is 5. The van der Waals surface area contributed by atoms with Crippen LogP contribution in [0.15, 0.2) is 98.4 Å². The molecular weight excluding hydrogens is 507 g/mol. The molecule has 11 heteroatoms. The van der Waals surface area contributed by atoms with Gasteiger partial charge < -0.3 is 10.3 Å². The van der Waals surface area contributed by atoms with E-state index in [0.29, 0.717) is 22.6 Å². The molecule has 194 valence electrons. The molecule has 5 aromatic rings. The molecule has 1 amide bonds. The minimum Gasteiger partial charge on any atom is -0.366 e. The molecule has 3 heterocycles. The van der Waals surface area contributed by atoms with Crippen LogP contribution in [0.5, 0.6) is 0 Å². The van der Waals surface area contributed by atoms with Gasteiger partial charge in [-0.2, -0.15) is 13.2 Å². The zero-order valence-corrected chi connectivity index (χ0v) is 20.2. The first kappa shape index (κ1) is 25.3. The lowest BCUT2D eigenvalue weighted by Gasteiger charge is -2.25. The summed E-state index contributed by atoms with van der Waals surface area (Å²) in [5, 5.41) is 0. The summed E-state index contributed by atoms with van der Waals surface area (Å²) < 4.78 is 43.7. The van der Waals surface area contributed by atoms with E-state index in [0.717, 1.165) is 12.1 Å². The summed E-state index contributed by atoms with van der Waals surface area (Å²) in [7, 11) is 0. The molecule has 0 fully saturated rings. The van der Waals surface area contributed by atoms with E-state index >= 15 is 0 Å². The molecule has 0 aliphatic rings. The number of benzene rings is 2. The second-order valence-corrected chi connectivity index (χ2v) is 8.38. The van der Waals surface area contributed by atoms with E-state index in [9.17, 15) is 18.0 Å². The molecule has 0 saturated heterocycles. The molecule has 0 aliphatic heterocycles. The van der Waals surface area contributed by atoms with Crippen molar-refractivity contribution in [2.45, 2.75) is 6.18 Å². The van der Waals surface area contributed by atoms with Gasteiger partial charge in [0.2, 0.25) is 11.9 Å². The Morgan fingerprint density at radius 1 is 1.00 bits per heavy atom. The minimum absolute atomic E-state index is 0.103. The van der Waals surface area contributed by atoms with Crippen LogP contribution in [0.1, 0.15) is 21.6 Å². The van der Waals surface area contributed by atoms with Crippen LogP contribution in [0.3, 0.4) is 0 Å². The molecule has 0 saturated carbocycles. The van der Waals surface area contributed by atoms with E-state index < -0.39 is 17.6 Å². The number of hydrogen-bond acceptors (Lipinski definition) is 6. The van der Waals surface area contributed by atoms with Gasteiger partial charge in [-0.1, -0.05) is 6.58 Å². The number of rotatable bonds is 7. The van der Waals surface area contributed by atoms with Gasteiger partial charge in [-0.25, -0.2) is 15.0 Å². The number of hydrogen-bond donors (Lipinski definition) is 1. The van der Waals surface area contributed by atoms with Crippen LogP contribution in [0, 0.1) is 0 Å². The van der Waals surface area contributed by atoms with Crippen molar-refractivity contribution in [3.8, 4) is 16.9 Å². The molecule has 39 heavy (non-hydrogen) atoms. The first-order valence-electron chi connectivity index (χ1n) is 11.6. The lowest BCUT2D eigenvalue weighted by atomic mass is 10.1. The zero-order chi connectivity index (χ0) is 27.6. The molecule has 0 atom stereocenters. The van der Waals surface area contributed by atoms with Crippen LogP contribution < -0.4 is 10.6 Å². The number of alkyl halides is 3. The first-order valence-corrected chi connectivity index (χ1v) is 11.6. The third kappa shape index (κ3) is 5.37. The normalized spacial score (nSPS) is 11.3. The molecule has 3 aromatic heterocycles. The number of carbonyl (C=O) groups excluding carboxylic acids is 1. The van der Waals surface area contributed by atoms with Crippen LogP contribution >= 0.6 is 0 Å². The Kier molecular flexibility index (Phi) is 6.63. The topological polar surface area (TPSA) is 103 Å². The highest BCUT2D eigenvalue weighted by Crippen LogP contribution is 2.39. The number of anilines is 3. The Morgan fingerprint density at radius 2 is 1.79 bits per heavy atom. The largest absolute Gasteiger partial charge is 0.416 e. The highest BCUT2D eigenvalue weighted by molar-refractivity contribution is 5.93. The van der Waals surface area contributed by atoms with E-state index in [2.05, 4.69) is 26.5 Å². The monoisotopic (exact) mass is 527 g/mol. The van der Waals surface area contributed by atoms with Crippen molar-refractivity contribution in [2.75, 3.05) is 4.90 Å². The second kappa shape index (κ2) is 10.2. The molecule has 0 unspecified atom stereocenters. The second-order valence-electron chi connectivity index (χ2n) is 8.38. The predicted molar refractivity (Wildman–Crippen MR) is 141 cm³/mol. The van der Waals surface area contributed by atoms with E-state index in [-0.39, 0.29) is 22.9 Å². The van der Waals surface area contributed by atoms with Crippen LogP contribution in [0.4, 0.5) is 30.5 Å². The Hall–Kier alpha value is -5.32. The van der Waals surface area contributed by atoms with Gasteiger partial charge in [0, 0.05) is 47.3 Å². The number of pyridine rings is 1. The minimum atomic E-state index is -4.65. The number of halogens is 3. The van der Waals surface area contributed by atoms with Gasteiger partial charge in [0.1, 0.15) is 0 Å². The number of imidazole rings is 1. The summed E-state index contributed by atoms with van der Waals surface area (Å²) in [5.74, 6) is -0.534. The van der Waals surface area contributed by atoms with Crippen molar-refractivity contribution in [3.05, 3.63) is 115 Å². The summed E-state index contributed by atoms with van der Waals surface area (Å²) >= 11 is 0. The van der Waals surface area contributed by atoms with Crippen molar-refractivity contribution in [3.63, 3.8) is 0 Å². The number of nitrogens with two attached hydrogens (primary N) is 1. The SMILES string of the molecule is C=Cc1cn(-c2cc(N(c3ccc(C(N)=O)cc3)c3nccc(-c4cccnc4)n3)cc(C(F)(F)F)c2)cn1. The molecule has 0 bridgehead atoms. The summed E-state index contributed by atoms with van der Waals surface area (Å²) in [4.78, 5) is 30.4. The maximum atomic E-state index is 14.1. The van der Waals surface area contributed by atoms with Crippen molar-refractivity contribution in [1.29, 1.82) is 0 Å². The first-order chi connectivity index (χ1) is 18.7. The molecule has 5 rings (SSSR count). The van der Waals surface area contributed by atoms with Gasteiger partial charge >= 0.3 is 6.18 Å². The summed E-state index contributed by atoms with van der Waals surface area (Å²) in [6.07, 6.45) is 4.57. The van der Waals surface area contributed by atoms with Crippen LogP contribution in [0.2, 0.25) is 0 Å². The molecule has 0 aliphatic carbocycles. The fourth-order valence-corrected chi connectivity index (χ4v) is 3.91. The van der Waals surface area contributed by atoms with Crippen LogP contribution in [0.25, 0.3) is 23.0 Å². The van der Waals surface area contributed by atoms with Gasteiger partial charge in [-0.05, 0) is 66.7 Å². The Labute approximate surface area is 220 Å². The van der Waals surface area contributed by atoms with Gasteiger partial charge in [0.25, 0.3) is 0 Å². The maximum Gasteiger partial charge on any atom is 0.416 e. The highest BCUT2D eigenvalue weighted by atomic mass is 19.4. The molecule has 8 nitrogen and oxygen atoms in total. The quantitative estimate of drug-likeness (QED) is 0.280. The van der Waals surface area contributed by atoms with Gasteiger partial charge in [-0.15, -0.1) is 0 Å². The lowest BCUT2D eigenvalue weighted by Crippen LogP contribution is -2.16. The molecule has 0 spiro atoms. The Morgan fingerprint density at radius 3 is 2.44 bits per heavy atom. The van der Waals surface area contributed by atoms with E-state index in [4.69, 9.17) is 5.73 Å². The van der Waals surface area contributed by atoms with E-state index in [1.165, 1.54) is 40.2 Å². The molecule has 2 aromatic carbocycles. The number of carbonyl (C=O) groups is 1. The fraction of sp³-hybridized carbons (Fsp3) is 0.0357. The number of amides is 1. The maximum absolute atomic E-state index is 14.1. The Bertz CT molecular complexity index is 1650.